The van der Waals surface area contributed by atoms with Crippen LogP contribution in [0.2, 0.25) is 0 Å². The number of benzene rings is 2. The van der Waals surface area contributed by atoms with Gasteiger partial charge in [0.05, 0.1) is 0 Å². The molecule has 6 heteroatoms. The van der Waals surface area contributed by atoms with Crippen LogP contribution in [0.3, 0.4) is 0 Å². The molecule has 0 aliphatic carbocycles. The van der Waals surface area contributed by atoms with Gasteiger partial charge in [0, 0.05) is 12.1 Å². The fourth-order valence-corrected chi connectivity index (χ4v) is 1.76. The highest BCUT2D eigenvalue weighted by Gasteiger charge is 2.30. The van der Waals surface area contributed by atoms with Crippen molar-refractivity contribution in [1.29, 1.82) is 0 Å². The van der Waals surface area contributed by atoms with E-state index >= 15 is 0 Å². The van der Waals surface area contributed by atoms with Crippen LogP contribution in [0, 0.1) is 5.82 Å². The Morgan fingerprint density at radius 2 is 1.65 bits per heavy atom. The summed E-state index contributed by atoms with van der Waals surface area (Å²) in [6, 6.07) is 9.51. The van der Waals surface area contributed by atoms with Gasteiger partial charge in [0.15, 0.2) is 0 Å². The standard InChI is InChI=1S/C14H11F4NO/c15-13-7-9(8-19)1-6-12(13)10-2-4-11(5-3-10)20-14(16,17)18/h1-7H,8,19H2. The summed E-state index contributed by atoms with van der Waals surface area (Å²) < 4.78 is 53.6. The minimum absolute atomic E-state index is 0.218. The van der Waals surface area contributed by atoms with E-state index in [1.807, 2.05) is 0 Å². The van der Waals surface area contributed by atoms with E-state index in [0.717, 1.165) is 12.1 Å². The van der Waals surface area contributed by atoms with Gasteiger partial charge in [0.25, 0.3) is 0 Å². The Kier molecular flexibility index (Phi) is 3.94. The van der Waals surface area contributed by atoms with E-state index in [4.69, 9.17) is 5.73 Å². The van der Waals surface area contributed by atoms with Crippen LogP contribution in [0.25, 0.3) is 11.1 Å². The fraction of sp³-hybridized carbons (Fsp3) is 0.143. The van der Waals surface area contributed by atoms with Gasteiger partial charge in [-0.25, -0.2) is 4.39 Å². The molecule has 0 unspecified atom stereocenters. The van der Waals surface area contributed by atoms with E-state index in [1.54, 1.807) is 6.07 Å². The molecular weight excluding hydrogens is 274 g/mol. The molecule has 20 heavy (non-hydrogen) atoms. The van der Waals surface area contributed by atoms with E-state index in [-0.39, 0.29) is 12.3 Å². The van der Waals surface area contributed by atoms with E-state index in [9.17, 15) is 17.6 Å². The molecule has 0 bridgehead atoms. The molecule has 2 aromatic carbocycles. The summed E-state index contributed by atoms with van der Waals surface area (Å²) in [6.45, 7) is 0.218. The molecule has 0 fully saturated rings. The van der Waals surface area contributed by atoms with Crippen LogP contribution in [0.5, 0.6) is 5.75 Å². The van der Waals surface area contributed by atoms with Crippen molar-refractivity contribution in [3.05, 3.63) is 53.8 Å². The number of alkyl halides is 3. The first kappa shape index (κ1) is 14.3. The van der Waals surface area contributed by atoms with Crippen molar-refractivity contribution in [3.8, 4) is 16.9 Å². The van der Waals surface area contributed by atoms with Crippen molar-refractivity contribution in [2.24, 2.45) is 5.73 Å². The lowest BCUT2D eigenvalue weighted by Crippen LogP contribution is -2.16. The molecule has 0 amide bonds. The first-order valence-electron chi connectivity index (χ1n) is 5.74. The minimum atomic E-state index is -4.74. The minimum Gasteiger partial charge on any atom is -0.406 e. The molecule has 0 saturated heterocycles. The summed E-state index contributed by atoms with van der Waals surface area (Å²) in [4.78, 5) is 0. The quantitative estimate of drug-likeness (QED) is 0.869. The molecule has 2 N–H and O–H groups in total. The second kappa shape index (κ2) is 5.50. The van der Waals surface area contributed by atoms with Gasteiger partial charge in [-0.1, -0.05) is 24.3 Å². The number of hydrogen-bond acceptors (Lipinski definition) is 2. The van der Waals surface area contributed by atoms with Crippen LogP contribution >= 0.6 is 0 Å². The van der Waals surface area contributed by atoms with Crippen molar-refractivity contribution in [2.45, 2.75) is 12.9 Å². The molecule has 0 radical (unpaired) electrons. The zero-order chi connectivity index (χ0) is 14.8. The maximum atomic E-state index is 13.8. The third-order valence-corrected chi connectivity index (χ3v) is 2.67. The van der Waals surface area contributed by atoms with Crippen molar-refractivity contribution < 1.29 is 22.3 Å². The smallest absolute Gasteiger partial charge is 0.406 e. The number of nitrogens with two attached hydrogens (primary N) is 1. The Bertz CT molecular complexity index is 593. The van der Waals surface area contributed by atoms with E-state index in [1.165, 1.54) is 24.3 Å². The molecule has 2 nitrogen and oxygen atoms in total. The number of hydrogen-bond donors (Lipinski definition) is 1. The van der Waals surface area contributed by atoms with Crippen molar-refractivity contribution in [1.82, 2.24) is 0 Å². The fourth-order valence-electron chi connectivity index (χ4n) is 1.76. The van der Waals surface area contributed by atoms with E-state index < -0.39 is 12.2 Å². The molecular formula is C14H11F4NO. The average molecular weight is 285 g/mol. The Morgan fingerprint density at radius 3 is 2.15 bits per heavy atom. The van der Waals surface area contributed by atoms with Gasteiger partial charge in [0.2, 0.25) is 0 Å². The molecule has 0 aliphatic rings. The summed E-state index contributed by atoms with van der Waals surface area (Å²) in [5.41, 5.74) is 6.79. The predicted octanol–water partition coefficient (Wildman–Crippen LogP) is 3.85. The lowest BCUT2D eigenvalue weighted by atomic mass is 10.0. The summed E-state index contributed by atoms with van der Waals surface area (Å²) in [7, 11) is 0. The Hall–Kier alpha value is -2.08. The zero-order valence-electron chi connectivity index (χ0n) is 10.2. The van der Waals surface area contributed by atoms with Crippen molar-refractivity contribution in [2.75, 3.05) is 0 Å². The summed E-state index contributed by atoms with van der Waals surface area (Å²) in [5, 5.41) is 0. The van der Waals surface area contributed by atoms with Crippen LogP contribution in [0.1, 0.15) is 5.56 Å². The first-order valence-corrected chi connectivity index (χ1v) is 5.74. The highest BCUT2D eigenvalue weighted by molar-refractivity contribution is 5.65. The molecule has 0 saturated carbocycles. The zero-order valence-corrected chi connectivity index (χ0v) is 10.2. The van der Waals surface area contributed by atoms with Crippen molar-refractivity contribution in [3.63, 3.8) is 0 Å². The molecule has 106 valence electrons. The second-order valence-electron chi connectivity index (χ2n) is 4.09. The van der Waals surface area contributed by atoms with Crippen LogP contribution in [0.4, 0.5) is 17.6 Å². The molecule has 0 spiro atoms. The molecule has 0 atom stereocenters. The molecule has 0 heterocycles. The largest absolute Gasteiger partial charge is 0.573 e. The average Bonchev–Trinajstić information content (AvgIpc) is 2.38. The third-order valence-electron chi connectivity index (χ3n) is 2.67. The van der Waals surface area contributed by atoms with Crippen LogP contribution < -0.4 is 10.5 Å². The maximum Gasteiger partial charge on any atom is 0.573 e. The van der Waals surface area contributed by atoms with Crippen LogP contribution in [0.15, 0.2) is 42.5 Å². The second-order valence-corrected chi connectivity index (χ2v) is 4.09. The highest BCUT2D eigenvalue weighted by atomic mass is 19.4. The normalized spacial score (nSPS) is 11.4. The number of rotatable bonds is 3. The van der Waals surface area contributed by atoms with E-state index in [0.29, 0.717) is 16.7 Å². The van der Waals surface area contributed by atoms with Crippen molar-refractivity contribution >= 4 is 0 Å². The molecule has 2 rings (SSSR count). The van der Waals surface area contributed by atoms with Gasteiger partial charge >= 0.3 is 6.36 Å². The summed E-state index contributed by atoms with van der Waals surface area (Å²) in [6.07, 6.45) is -4.74. The Morgan fingerprint density at radius 1 is 1.00 bits per heavy atom. The van der Waals surface area contributed by atoms with Crippen LogP contribution in [-0.2, 0) is 6.54 Å². The topological polar surface area (TPSA) is 35.2 Å². The third kappa shape index (κ3) is 3.48. The number of ether oxygens (including phenoxy) is 1. The Balaban J connectivity index is 2.26. The lowest BCUT2D eigenvalue weighted by molar-refractivity contribution is -0.274. The highest BCUT2D eigenvalue weighted by Crippen LogP contribution is 2.28. The molecule has 0 aliphatic heterocycles. The molecule has 2 aromatic rings. The van der Waals surface area contributed by atoms with Crippen LogP contribution in [-0.4, -0.2) is 6.36 Å². The van der Waals surface area contributed by atoms with E-state index in [2.05, 4.69) is 4.74 Å². The molecule has 0 aromatic heterocycles. The van der Waals surface area contributed by atoms with Gasteiger partial charge in [-0.05, 0) is 29.3 Å². The summed E-state index contributed by atoms with van der Waals surface area (Å²) >= 11 is 0. The Labute approximate surface area is 112 Å². The SMILES string of the molecule is NCc1ccc(-c2ccc(OC(F)(F)F)cc2)c(F)c1. The van der Waals surface area contributed by atoms with Gasteiger partial charge < -0.3 is 10.5 Å². The monoisotopic (exact) mass is 285 g/mol. The maximum absolute atomic E-state index is 13.8. The van der Waals surface area contributed by atoms with Gasteiger partial charge in [0.1, 0.15) is 11.6 Å². The number of halogens is 4. The lowest BCUT2D eigenvalue weighted by Gasteiger charge is -2.10. The first-order chi connectivity index (χ1) is 9.39. The summed E-state index contributed by atoms with van der Waals surface area (Å²) in [5.74, 6) is -0.822. The predicted molar refractivity (Wildman–Crippen MR) is 66.4 cm³/mol. The van der Waals surface area contributed by atoms with Gasteiger partial charge in [-0.2, -0.15) is 0 Å². The van der Waals surface area contributed by atoms with Gasteiger partial charge in [-0.15, -0.1) is 13.2 Å². The van der Waals surface area contributed by atoms with Gasteiger partial charge in [-0.3, -0.25) is 0 Å².